The van der Waals surface area contributed by atoms with Gasteiger partial charge in [-0.15, -0.1) is 0 Å². The van der Waals surface area contributed by atoms with Gasteiger partial charge in [0.15, 0.2) is 0 Å². The molecule has 2 aliphatic rings. The lowest BCUT2D eigenvalue weighted by atomic mass is 10.0. The number of aryl methyl sites for hydroxylation is 2. The molecule has 2 aliphatic heterocycles. The van der Waals surface area contributed by atoms with Crippen molar-refractivity contribution in [3.63, 3.8) is 0 Å². The summed E-state index contributed by atoms with van der Waals surface area (Å²) in [5, 5.41) is 2.80. The first kappa shape index (κ1) is 16.5. The van der Waals surface area contributed by atoms with Crippen molar-refractivity contribution in [2.45, 2.75) is 39.2 Å². The van der Waals surface area contributed by atoms with Crippen molar-refractivity contribution in [2.24, 2.45) is 0 Å². The second-order valence-corrected chi connectivity index (χ2v) is 6.45. The zero-order valence-corrected chi connectivity index (χ0v) is 14.1. The number of aromatic amines is 1. The Hall–Kier alpha value is -2.38. The molecule has 0 spiro atoms. The molecule has 0 bridgehead atoms. The van der Waals surface area contributed by atoms with Gasteiger partial charge in [0.05, 0.1) is 12.5 Å². The number of amides is 3. The van der Waals surface area contributed by atoms with E-state index in [-0.39, 0.29) is 30.0 Å². The van der Waals surface area contributed by atoms with E-state index < -0.39 is 0 Å². The zero-order valence-electron chi connectivity index (χ0n) is 14.1. The van der Waals surface area contributed by atoms with Crippen LogP contribution in [0.25, 0.3) is 0 Å². The van der Waals surface area contributed by atoms with Crippen LogP contribution >= 0.6 is 0 Å². The molecule has 2 N–H and O–H groups in total. The SMILES string of the molecule is Cc1nc(C)c(CC(=O)N2CCCC(N3CCNC3=O)C2)c(=O)[nH]1. The second-order valence-electron chi connectivity index (χ2n) is 6.45. The molecule has 3 amide bonds. The minimum atomic E-state index is -0.249. The Bertz CT molecular complexity index is 714. The highest BCUT2D eigenvalue weighted by Gasteiger charge is 2.33. The van der Waals surface area contributed by atoms with Crippen LogP contribution in [0.4, 0.5) is 4.79 Å². The summed E-state index contributed by atoms with van der Waals surface area (Å²) in [6, 6.07) is 0.00467. The van der Waals surface area contributed by atoms with Gasteiger partial charge in [0.25, 0.3) is 5.56 Å². The molecule has 0 aliphatic carbocycles. The number of hydrogen-bond acceptors (Lipinski definition) is 4. The minimum Gasteiger partial charge on any atom is -0.340 e. The largest absolute Gasteiger partial charge is 0.340 e. The van der Waals surface area contributed by atoms with Crippen molar-refractivity contribution < 1.29 is 9.59 Å². The number of likely N-dealkylation sites (tertiary alicyclic amines) is 1. The Balaban J connectivity index is 1.69. The van der Waals surface area contributed by atoms with Crippen LogP contribution in [0, 0.1) is 13.8 Å². The Labute approximate surface area is 140 Å². The number of H-pyrrole nitrogens is 1. The molecule has 0 saturated carbocycles. The van der Waals surface area contributed by atoms with Gasteiger partial charge in [0.1, 0.15) is 5.82 Å². The summed E-state index contributed by atoms with van der Waals surface area (Å²) in [4.78, 5) is 47.0. The summed E-state index contributed by atoms with van der Waals surface area (Å²) < 4.78 is 0. The molecule has 24 heavy (non-hydrogen) atoms. The Kier molecular flexibility index (Phi) is 4.55. The van der Waals surface area contributed by atoms with Crippen molar-refractivity contribution in [3.05, 3.63) is 27.4 Å². The molecule has 0 aromatic carbocycles. The quantitative estimate of drug-likeness (QED) is 0.810. The van der Waals surface area contributed by atoms with E-state index in [0.717, 1.165) is 12.8 Å². The molecule has 1 atom stereocenters. The summed E-state index contributed by atoms with van der Waals surface area (Å²) >= 11 is 0. The van der Waals surface area contributed by atoms with E-state index in [4.69, 9.17) is 0 Å². The highest BCUT2D eigenvalue weighted by atomic mass is 16.2. The molecular formula is C16H23N5O3. The normalized spacial score (nSPS) is 21.1. The Morgan fingerprint density at radius 3 is 2.75 bits per heavy atom. The Morgan fingerprint density at radius 2 is 2.08 bits per heavy atom. The number of nitrogens with zero attached hydrogens (tertiary/aromatic N) is 3. The maximum Gasteiger partial charge on any atom is 0.317 e. The van der Waals surface area contributed by atoms with Crippen molar-refractivity contribution in [2.75, 3.05) is 26.2 Å². The number of carbonyl (C=O) groups is 2. The number of hydrogen-bond donors (Lipinski definition) is 2. The van der Waals surface area contributed by atoms with E-state index in [2.05, 4.69) is 15.3 Å². The molecule has 1 aromatic rings. The maximum absolute atomic E-state index is 12.6. The van der Waals surface area contributed by atoms with E-state index in [1.165, 1.54) is 0 Å². The van der Waals surface area contributed by atoms with Gasteiger partial charge in [0, 0.05) is 37.4 Å². The van der Waals surface area contributed by atoms with Gasteiger partial charge in [-0.1, -0.05) is 0 Å². The van der Waals surface area contributed by atoms with Crippen LogP contribution in [0.3, 0.4) is 0 Å². The van der Waals surface area contributed by atoms with Crippen molar-refractivity contribution in [1.29, 1.82) is 0 Å². The molecule has 2 saturated heterocycles. The monoisotopic (exact) mass is 333 g/mol. The van der Waals surface area contributed by atoms with Gasteiger partial charge >= 0.3 is 6.03 Å². The predicted molar refractivity (Wildman–Crippen MR) is 87.7 cm³/mol. The van der Waals surface area contributed by atoms with Crippen LogP contribution in [-0.4, -0.2) is 63.9 Å². The number of carbonyl (C=O) groups excluding carboxylic acids is 2. The fourth-order valence-electron chi connectivity index (χ4n) is 3.49. The van der Waals surface area contributed by atoms with Crippen LogP contribution < -0.4 is 10.9 Å². The highest BCUT2D eigenvalue weighted by Crippen LogP contribution is 2.18. The fraction of sp³-hybridized carbons (Fsp3) is 0.625. The summed E-state index contributed by atoms with van der Waals surface area (Å²) in [6.45, 7) is 6.01. The van der Waals surface area contributed by atoms with Gasteiger partial charge in [-0.05, 0) is 26.7 Å². The lowest BCUT2D eigenvalue weighted by molar-refractivity contribution is -0.132. The molecule has 8 nitrogen and oxygen atoms in total. The van der Waals surface area contributed by atoms with Crippen LogP contribution in [-0.2, 0) is 11.2 Å². The standard InChI is InChI=1S/C16H23N5O3/c1-10-13(15(23)19-11(2)18-10)8-14(22)20-6-3-4-12(9-20)21-7-5-17-16(21)24/h12H,3-9H2,1-2H3,(H,17,24)(H,18,19,23). The molecule has 1 unspecified atom stereocenters. The number of aromatic nitrogens is 2. The predicted octanol–water partition coefficient (Wildman–Crippen LogP) is -0.0546. The zero-order chi connectivity index (χ0) is 17.3. The topological polar surface area (TPSA) is 98.4 Å². The minimum absolute atomic E-state index is 0.0490. The average Bonchev–Trinajstić information content (AvgIpc) is 2.97. The lowest BCUT2D eigenvalue weighted by Gasteiger charge is -2.37. The highest BCUT2D eigenvalue weighted by molar-refractivity contribution is 5.79. The van der Waals surface area contributed by atoms with Crippen molar-refractivity contribution in [1.82, 2.24) is 25.1 Å². The second kappa shape index (κ2) is 6.62. The van der Waals surface area contributed by atoms with Crippen molar-refractivity contribution >= 4 is 11.9 Å². The molecule has 0 radical (unpaired) electrons. The fourth-order valence-corrected chi connectivity index (χ4v) is 3.49. The molecular weight excluding hydrogens is 310 g/mol. The molecule has 1 aromatic heterocycles. The first-order valence-electron chi connectivity index (χ1n) is 8.34. The molecule has 2 fully saturated rings. The van der Waals surface area contributed by atoms with Gasteiger partial charge < -0.3 is 20.1 Å². The van der Waals surface area contributed by atoms with Gasteiger partial charge in [-0.25, -0.2) is 9.78 Å². The summed E-state index contributed by atoms with van der Waals surface area (Å²) in [5.41, 5.74) is 0.768. The summed E-state index contributed by atoms with van der Waals surface area (Å²) in [5.74, 6) is 0.463. The smallest absolute Gasteiger partial charge is 0.317 e. The van der Waals surface area contributed by atoms with E-state index in [1.807, 2.05) is 4.90 Å². The van der Waals surface area contributed by atoms with Gasteiger partial charge in [0.2, 0.25) is 5.91 Å². The average molecular weight is 333 g/mol. The third-order valence-corrected chi connectivity index (χ3v) is 4.75. The molecule has 8 heteroatoms. The van der Waals surface area contributed by atoms with Crippen LogP contribution in [0.15, 0.2) is 4.79 Å². The van der Waals surface area contributed by atoms with E-state index in [9.17, 15) is 14.4 Å². The van der Waals surface area contributed by atoms with Crippen LogP contribution in [0.5, 0.6) is 0 Å². The lowest BCUT2D eigenvalue weighted by Crippen LogP contribution is -2.51. The summed E-state index contributed by atoms with van der Waals surface area (Å²) in [7, 11) is 0. The maximum atomic E-state index is 12.6. The molecule has 3 heterocycles. The summed E-state index contributed by atoms with van der Waals surface area (Å²) in [6.07, 6.45) is 1.82. The number of piperidine rings is 1. The van der Waals surface area contributed by atoms with Gasteiger partial charge in [-0.3, -0.25) is 9.59 Å². The van der Waals surface area contributed by atoms with Crippen LogP contribution in [0.2, 0.25) is 0 Å². The van der Waals surface area contributed by atoms with E-state index in [0.29, 0.717) is 43.3 Å². The third kappa shape index (κ3) is 3.27. The first-order chi connectivity index (χ1) is 11.5. The van der Waals surface area contributed by atoms with Crippen LogP contribution in [0.1, 0.15) is 29.9 Å². The van der Waals surface area contributed by atoms with Crippen molar-refractivity contribution in [3.8, 4) is 0 Å². The van der Waals surface area contributed by atoms with E-state index in [1.54, 1.807) is 18.7 Å². The number of nitrogens with one attached hydrogen (secondary N) is 2. The first-order valence-corrected chi connectivity index (χ1v) is 8.34. The Morgan fingerprint density at radius 1 is 1.29 bits per heavy atom. The molecule has 3 rings (SSSR count). The number of urea groups is 1. The third-order valence-electron chi connectivity index (χ3n) is 4.75. The van der Waals surface area contributed by atoms with Gasteiger partial charge in [-0.2, -0.15) is 0 Å². The van der Waals surface area contributed by atoms with E-state index >= 15 is 0 Å². The molecule has 130 valence electrons. The number of rotatable bonds is 3.